The summed E-state index contributed by atoms with van der Waals surface area (Å²) in [6.07, 6.45) is 0. The van der Waals surface area contributed by atoms with Gasteiger partial charge in [-0.2, -0.15) is 5.10 Å². The van der Waals surface area contributed by atoms with Crippen LogP contribution in [0.4, 0.5) is 5.69 Å². The van der Waals surface area contributed by atoms with Gasteiger partial charge in [0.1, 0.15) is 0 Å². The van der Waals surface area contributed by atoms with E-state index in [0.29, 0.717) is 22.6 Å². The Bertz CT molecular complexity index is 1220. The summed E-state index contributed by atoms with van der Waals surface area (Å²) >= 11 is 0. The van der Waals surface area contributed by atoms with Crippen molar-refractivity contribution in [3.8, 4) is 17.1 Å². The number of carbonyl (C=O) groups excluding carboxylic acids is 1. The fourth-order valence-corrected chi connectivity index (χ4v) is 2.97. The number of H-pyrrole nitrogens is 1. The summed E-state index contributed by atoms with van der Waals surface area (Å²) in [6.45, 7) is 3.89. The highest BCUT2D eigenvalue weighted by atomic mass is 16.5. The average molecular weight is 375 g/mol. The van der Waals surface area contributed by atoms with Crippen LogP contribution in [0.2, 0.25) is 0 Å². The third-order valence-corrected chi connectivity index (χ3v) is 4.20. The zero-order valence-corrected chi connectivity index (χ0v) is 15.3. The lowest BCUT2D eigenvalue weighted by Gasteiger charge is -2.09. The van der Waals surface area contributed by atoms with Gasteiger partial charge in [-0.1, -0.05) is 23.4 Å². The van der Waals surface area contributed by atoms with Crippen LogP contribution in [0.5, 0.6) is 0 Å². The Labute approximate surface area is 159 Å². The van der Waals surface area contributed by atoms with Crippen molar-refractivity contribution in [3.63, 3.8) is 0 Å². The predicted octanol–water partition coefficient (Wildman–Crippen LogP) is 3.08. The molecule has 2 aromatic heterocycles. The first-order chi connectivity index (χ1) is 13.5. The van der Waals surface area contributed by atoms with Gasteiger partial charge in [0.2, 0.25) is 0 Å². The molecule has 4 rings (SSSR count). The number of aryl methyl sites for hydroxylation is 2. The number of anilines is 1. The number of rotatable bonds is 4. The van der Waals surface area contributed by atoms with Crippen LogP contribution in [-0.4, -0.2) is 25.8 Å². The number of amides is 1. The SMILES string of the molecule is Cc1cc(C)n(-c2cccc(C(=O)Nc3cccc(-c4noc(=O)[nH]4)c3)c2)n1. The van der Waals surface area contributed by atoms with Gasteiger partial charge in [-0.25, -0.2) is 9.48 Å². The summed E-state index contributed by atoms with van der Waals surface area (Å²) in [5, 5.41) is 11.0. The van der Waals surface area contributed by atoms with Crippen molar-refractivity contribution in [1.82, 2.24) is 19.9 Å². The molecule has 0 saturated carbocycles. The molecule has 0 unspecified atom stereocenters. The molecular weight excluding hydrogens is 358 g/mol. The zero-order valence-electron chi connectivity index (χ0n) is 15.3. The summed E-state index contributed by atoms with van der Waals surface area (Å²) in [4.78, 5) is 26.3. The smallest absolute Gasteiger partial charge is 0.322 e. The van der Waals surface area contributed by atoms with Gasteiger partial charge in [-0.05, 0) is 50.2 Å². The minimum Gasteiger partial charge on any atom is -0.322 e. The fourth-order valence-electron chi connectivity index (χ4n) is 2.97. The van der Waals surface area contributed by atoms with E-state index in [2.05, 4.69) is 25.1 Å². The molecule has 0 aliphatic heterocycles. The Kier molecular flexibility index (Phi) is 4.36. The quantitative estimate of drug-likeness (QED) is 0.570. The van der Waals surface area contributed by atoms with E-state index in [1.807, 2.05) is 32.0 Å². The standard InChI is InChI=1S/C20H17N5O3/c1-12-9-13(2)25(23-12)17-8-4-6-15(11-17)19(26)21-16-7-3-5-14(10-16)18-22-20(27)28-24-18/h3-11H,1-2H3,(H,21,26)(H,22,24,27). The average Bonchev–Trinajstić information content (AvgIpc) is 3.27. The highest BCUT2D eigenvalue weighted by Crippen LogP contribution is 2.20. The van der Waals surface area contributed by atoms with Crippen molar-refractivity contribution in [2.75, 3.05) is 5.32 Å². The monoisotopic (exact) mass is 375 g/mol. The molecule has 0 fully saturated rings. The van der Waals surface area contributed by atoms with Gasteiger partial charge in [0.15, 0.2) is 5.82 Å². The van der Waals surface area contributed by atoms with Gasteiger partial charge in [-0.15, -0.1) is 0 Å². The third-order valence-electron chi connectivity index (χ3n) is 4.20. The second-order valence-corrected chi connectivity index (χ2v) is 6.37. The van der Waals surface area contributed by atoms with Crippen molar-refractivity contribution in [3.05, 3.63) is 82.1 Å². The van der Waals surface area contributed by atoms with E-state index in [4.69, 9.17) is 0 Å². The van der Waals surface area contributed by atoms with Crippen molar-refractivity contribution in [1.29, 1.82) is 0 Å². The minimum atomic E-state index is -0.634. The Balaban J connectivity index is 1.58. The molecule has 2 N–H and O–H groups in total. The number of nitrogens with zero attached hydrogens (tertiary/aromatic N) is 3. The van der Waals surface area contributed by atoms with Crippen LogP contribution >= 0.6 is 0 Å². The molecule has 1 amide bonds. The number of hydrogen-bond donors (Lipinski definition) is 2. The lowest BCUT2D eigenvalue weighted by molar-refractivity contribution is 0.102. The first-order valence-electron chi connectivity index (χ1n) is 8.61. The Morgan fingerprint density at radius 3 is 2.64 bits per heavy atom. The van der Waals surface area contributed by atoms with Gasteiger partial charge >= 0.3 is 5.76 Å². The van der Waals surface area contributed by atoms with Crippen LogP contribution in [0.25, 0.3) is 17.1 Å². The van der Waals surface area contributed by atoms with E-state index in [-0.39, 0.29) is 5.91 Å². The van der Waals surface area contributed by atoms with Crippen LogP contribution in [-0.2, 0) is 0 Å². The van der Waals surface area contributed by atoms with Gasteiger partial charge in [0.25, 0.3) is 5.91 Å². The van der Waals surface area contributed by atoms with Crippen molar-refractivity contribution < 1.29 is 9.32 Å². The van der Waals surface area contributed by atoms with Gasteiger partial charge in [-0.3, -0.25) is 14.3 Å². The van der Waals surface area contributed by atoms with Crippen molar-refractivity contribution in [2.24, 2.45) is 0 Å². The molecule has 0 spiro atoms. The van der Waals surface area contributed by atoms with Crippen molar-refractivity contribution in [2.45, 2.75) is 13.8 Å². The van der Waals surface area contributed by atoms with Gasteiger partial charge in [0, 0.05) is 22.5 Å². The van der Waals surface area contributed by atoms with Crippen LogP contribution in [0.3, 0.4) is 0 Å². The molecule has 140 valence electrons. The largest absolute Gasteiger partial charge is 0.439 e. The summed E-state index contributed by atoms with van der Waals surface area (Å²) in [7, 11) is 0. The summed E-state index contributed by atoms with van der Waals surface area (Å²) in [6, 6.07) is 16.2. The summed E-state index contributed by atoms with van der Waals surface area (Å²) in [5.74, 6) is -0.591. The summed E-state index contributed by atoms with van der Waals surface area (Å²) in [5.41, 5.74) is 4.42. The second-order valence-electron chi connectivity index (χ2n) is 6.37. The first kappa shape index (κ1) is 17.5. The summed E-state index contributed by atoms with van der Waals surface area (Å²) < 4.78 is 6.32. The number of hydrogen-bond acceptors (Lipinski definition) is 5. The molecule has 0 saturated heterocycles. The molecular formula is C20H17N5O3. The van der Waals surface area contributed by atoms with E-state index in [0.717, 1.165) is 17.1 Å². The zero-order chi connectivity index (χ0) is 19.7. The lowest BCUT2D eigenvalue weighted by Crippen LogP contribution is -2.12. The Hall–Kier alpha value is -3.94. The highest BCUT2D eigenvalue weighted by Gasteiger charge is 2.11. The maximum Gasteiger partial charge on any atom is 0.439 e. The van der Waals surface area contributed by atoms with E-state index in [1.165, 1.54) is 0 Å². The van der Waals surface area contributed by atoms with E-state index < -0.39 is 5.76 Å². The molecule has 0 radical (unpaired) electrons. The fraction of sp³-hybridized carbons (Fsp3) is 0.100. The maximum atomic E-state index is 12.7. The molecule has 8 nitrogen and oxygen atoms in total. The van der Waals surface area contributed by atoms with E-state index in [1.54, 1.807) is 41.1 Å². The highest BCUT2D eigenvalue weighted by molar-refractivity contribution is 6.04. The predicted molar refractivity (Wildman–Crippen MR) is 104 cm³/mol. The topological polar surface area (TPSA) is 106 Å². The number of carbonyl (C=O) groups is 1. The van der Waals surface area contributed by atoms with Gasteiger partial charge in [0.05, 0.1) is 11.4 Å². The van der Waals surface area contributed by atoms with Crippen LogP contribution < -0.4 is 11.1 Å². The van der Waals surface area contributed by atoms with Crippen LogP contribution in [0.15, 0.2) is 63.9 Å². The number of aromatic amines is 1. The molecule has 8 heteroatoms. The normalized spacial score (nSPS) is 10.8. The van der Waals surface area contributed by atoms with Crippen LogP contribution in [0, 0.1) is 13.8 Å². The molecule has 2 heterocycles. The van der Waals surface area contributed by atoms with Gasteiger partial charge < -0.3 is 5.32 Å². The molecule has 28 heavy (non-hydrogen) atoms. The molecule has 0 aliphatic carbocycles. The Morgan fingerprint density at radius 1 is 1.11 bits per heavy atom. The van der Waals surface area contributed by atoms with E-state index in [9.17, 15) is 9.59 Å². The lowest BCUT2D eigenvalue weighted by atomic mass is 10.1. The Morgan fingerprint density at radius 2 is 1.93 bits per heavy atom. The maximum absolute atomic E-state index is 12.7. The molecule has 0 atom stereocenters. The first-order valence-corrected chi connectivity index (χ1v) is 8.61. The van der Waals surface area contributed by atoms with E-state index >= 15 is 0 Å². The number of benzene rings is 2. The minimum absolute atomic E-state index is 0.255. The molecule has 0 aliphatic rings. The second kappa shape index (κ2) is 6.99. The third kappa shape index (κ3) is 3.48. The molecule has 2 aromatic carbocycles. The molecule has 4 aromatic rings. The molecule has 0 bridgehead atoms. The van der Waals surface area contributed by atoms with Crippen molar-refractivity contribution >= 4 is 11.6 Å². The number of nitrogens with one attached hydrogen (secondary N) is 2. The number of aromatic nitrogens is 4. The van der Waals surface area contributed by atoms with Crippen LogP contribution in [0.1, 0.15) is 21.7 Å².